The summed E-state index contributed by atoms with van der Waals surface area (Å²) in [5.41, 5.74) is 0.956. The van der Waals surface area contributed by atoms with Crippen LogP contribution in [-0.4, -0.2) is 35.8 Å². The molecule has 2 rings (SSSR count). The second-order valence-corrected chi connectivity index (χ2v) is 7.01. The van der Waals surface area contributed by atoms with Crippen molar-refractivity contribution >= 4 is 10.0 Å². The second-order valence-electron chi connectivity index (χ2n) is 5.24. The number of nitrogens with one attached hydrogen (secondary N) is 1. The fourth-order valence-electron chi connectivity index (χ4n) is 2.31. The topological polar surface area (TPSA) is 73.9 Å². The van der Waals surface area contributed by atoms with Gasteiger partial charge in [0.25, 0.3) is 0 Å². The van der Waals surface area contributed by atoms with Gasteiger partial charge < -0.3 is 14.2 Å². The normalized spacial score (nSPS) is 11.2. The highest BCUT2D eigenvalue weighted by molar-refractivity contribution is 7.89. The summed E-state index contributed by atoms with van der Waals surface area (Å²) < 4.78 is 43.0. The molecule has 136 valence electrons. The third-order valence-electron chi connectivity index (χ3n) is 3.60. The van der Waals surface area contributed by atoms with Crippen LogP contribution in [0.4, 0.5) is 0 Å². The second kappa shape index (κ2) is 8.73. The Morgan fingerprint density at radius 2 is 1.68 bits per heavy atom. The molecule has 0 aromatic heterocycles. The van der Waals surface area contributed by atoms with Gasteiger partial charge in [-0.1, -0.05) is 6.07 Å². The lowest BCUT2D eigenvalue weighted by Crippen LogP contribution is -2.26. The zero-order chi connectivity index (χ0) is 18.3. The molecule has 0 amide bonds. The highest BCUT2D eigenvalue weighted by Gasteiger charge is 2.13. The van der Waals surface area contributed by atoms with Crippen molar-refractivity contribution in [2.45, 2.75) is 18.2 Å². The van der Waals surface area contributed by atoms with Gasteiger partial charge in [-0.25, -0.2) is 13.1 Å². The van der Waals surface area contributed by atoms with Crippen LogP contribution in [0.1, 0.15) is 12.5 Å². The molecule has 0 saturated carbocycles. The molecular formula is C18H23NO5S. The van der Waals surface area contributed by atoms with E-state index in [-0.39, 0.29) is 11.4 Å². The van der Waals surface area contributed by atoms with Crippen LogP contribution < -0.4 is 18.9 Å². The fourth-order valence-corrected chi connectivity index (χ4v) is 3.34. The van der Waals surface area contributed by atoms with Gasteiger partial charge in [-0.2, -0.15) is 0 Å². The van der Waals surface area contributed by atoms with E-state index in [2.05, 4.69) is 4.72 Å². The Morgan fingerprint density at radius 1 is 0.960 bits per heavy atom. The molecular weight excluding hydrogens is 342 g/mol. The summed E-state index contributed by atoms with van der Waals surface area (Å²) in [7, 11) is -0.437. The van der Waals surface area contributed by atoms with Crippen LogP contribution >= 0.6 is 0 Å². The van der Waals surface area contributed by atoms with Crippen molar-refractivity contribution in [3.63, 3.8) is 0 Å². The number of sulfonamides is 1. The Bertz CT molecular complexity index is 788. The van der Waals surface area contributed by atoms with E-state index >= 15 is 0 Å². The van der Waals surface area contributed by atoms with Crippen LogP contribution in [0.3, 0.4) is 0 Å². The fraction of sp³-hybridized carbons (Fsp3) is 0.333. The van der Waals surface area contributed by atoms with Gasteiger partial charge in [-0.05, 0) is 55.3 Å². The number of rotatable bonds is 9. The molecule has 0 spiro atoms. The van der Waals surface area contributed by atoms with E-state index in [1.807, 2.05) is 25.1 Å². The van der Waals surface area contributed by atoms with Gasteiger partial charge >= 0.3 is 0 Å². The molecule has 0 atom stereocenters. The first-order valence-electron chi connectivity index (χ1n) is 7.93. The predicted octanol–water partition coefficient (Wildman–Crippen LogP) is 2.62. The summed E-state index contributed by atoms with van der Waals surface area (Å²) in [5, 5.41) is 0. The van der Waals surface area contributed by atoms with Gasteiger partial charge in [0.15, 0.2) is 11.5 Å². The molecule has 0 aliphatic rings. The Labute approximate surface area is 148 Å². The maximum Gasteiger partial charge on any atom is 0.240 e. The zero-order valence-electron chi connectivity index (χ0n) is 14.6. The molecule has 0 aliphatic carbocycles. The minimum atomic E-state index is -3.55. The van der Waals surface area contributed by atoms with Gasteiger partial charge in [-0.3, -0.25) is 0 Å². The average molecular weight is 365 g/mol. The van der Waals surface area contributed by atoms with Crippen LogP contribution in [0.2, 0.25) is 0 Å². The van der Waals surface area contributed by atoms with Crippen molar-refractivity contribution in [1.82, 2.24) is 4.72 Å². The monoisotopic (exact) mass is 365 g/mol. The first-order valence-corrected chi connectivity index (χ1v) is 9.42. The van der Waals surface area contributed by atoms with Crippen molar-refractivity contribution in [2.75, 3.05) is 27.4 Å². The quantitative estimate of drug-likeness (QED) is 0.739. The highest BCUT2D eigenvalue weighted by atomic mass is 32.2. The Hall–Kier alpha value is -2.25. The van der Waals surface area contributed by atoms with E-state index in [1.54, 1.807) is 19.2 Å². The molecule has 0 radical (unpaired) electrons. The van der Waals surface area contributed by atoms with Crippen LogP contribution in [0.25, 0.3) is 0 Å². The minimum absolute atomic E-state index is 0.206. The summed E-state index contributed by atoms with van der Waals surface area (Å²) in [5.74, 6) is 1.92. The lowest BCUT2D eigenvalue weighted by molar-refractivity contribution is 0.310. The van der Waals surface area contributed by atoms with E-state index < -0.39 is 10.0 Å². The molecule has 25 heavy (non-hydrogen) atoms. The number of methoxy groups -OCH3 is 2. The molecule has 2 aromatic rings. The van der Waals surface area contributed by atoms with Crippen LogP contribution in [0.5, 0.6) is 17.2 Å². The standard InChI is InChI=1S/C18H23NO5S/c1-4-24-17-10-5-14(13-18(17)23-3)11-12-19-25(20,21)16-8-6-15(22-2)7-9-16/h5-10,13,19H,4,11-12H2,1-3H3. The average Bonchev–Trinajstić information content (AvgIpc) is 2.63. The van der Waals surface area contributed by atoms with E-state index in [0.29, 0.717) is 30.3 Å². The first kappa shape index (κ1) is 19.1. The van der Waals surface area contributed by atoms with Gasteiger partial charge in [0.1, 0.15) is 5.75 Å². The Kier molecular flexibility index (Phi) is 6.66. The first-order chi connectivity index (χ1) is 12.0. The third-order valence-corrected chi connectivity index (χ3v) is 5.08. The van der Waals surface area contributed by atoms with Crippen LogP contribution in [0, 0.1) is 0 Å². The largest absolute Gasteiger partial charge is 0.497 e. The molecule has 0 heterocycles. The SMILES string of the molecule is CCOc1ccc(CCNS(=O)(=O)c2ccc(OC)cc2)cc1OC. The molecule has 0 saturated heterocycles. The molecule has 1 N–H and O–H groups in total. The van der Waals surface area contributed by atoms with Crippen molar-refractivity contribution in [1.29, 1.82) is 0 Å². The third kappa shape index (κ3) is 5.11. The van der Waals surface area contributed by atoms with E-state index in [9.17, 15) is 8.42 Å². The minimum Gasteiger partial charge on any atom is -0.497 e. The summed E-state index contributed by atoms with van der Waals surface area (Å²) >= 11 is 0. The summed E-state index contributed by atoms with van der Waals surface area (Å²) in [6.07, 6.45) is 0.540. The van der Waals surface area contributed by atoms with Crippen molar-refractivity contribution < 1.29 is 22.6 Å². The highest BCUT2D eigenvalue weighted by Crippen LogP contribution is 2.28. The molecule has 0 unspecified atom stereocenters. The van der Waals surface area contributed by atoms with Gasteiger partial charge in [0.2, 0.25) is 10.0 Å². The van der Waals surface area contributed by atoms with Crippen molar-refractivity contribution in [2.24, 2.45) is 0 Å². The molecule has 7 heteroatoms. The smallest absolute Gasteiger partial charge is 0.240 e. The van der Waals surface area contributed by atoms with Gasteiger partial charge in [-0.15, -0.1) is 0 Å². The van der Waals surface area contributed by atoms with Crippen LogP contribution in [-0.2, 0) is 16.4 Å². The van der Waals surface area contributed by atoms with Crippen molar-refractivity contribution in [3.8, 4) is 17.2 Å². The summed E-state index contributed by atoms with van der Waals surface area (Å²) in [4.78, 5) is 0.206. The number of benzene rings is 2. The number of ether oxygens (including phenoxy) is 3. The van der Waals surface area contributed by atoms with Crippen LogP contribution in [0.15, 0.2) is 47.4 Å². The summed E-state index contributed by atoms with van der Waals surface area (Å²) in [6, 6.07) is 11.8. The number of hydrogen-bond donors (Lipinski definition) is 1. The summed E-state index contributed by atoms with van der Waals surface area (Å²) in [6.45, 7) is 2.74. The molecule has 0 bridgehead atoms. The van der Waals surface area contributed by atoms with E-state index in [4.69, 9.17) is 14.2 Å². The predicted molar refractivity (Wildman–Crippen MR) is 96.0 cm³/mol. The maximum absolute atomic E-state index is 12.3. The van der Waals surface area contributed by atoms with E-state index in [0.717, 1.165) is 5.56 Å². The maximum atomic E-state index is 12.3. The van der Waals surface area contributed by atoms with Gasteiger partial charge in [0.05, 0.1) is 25.7 Å². The molecule has 0 fully saturated rings. The lowest BCUT2D eigenvalue weighted by Gasteiger charge is -2.11. The number of hydrogen-bond acceptors (Lipinski definition) is 5. The molecule has 0 aliphatic heterocycles. The van der Waals surface area contributed by atoms with Gasteiger partial charge in [0, 0.05) is 6.54 Å². The zero-order valence-corrected chi connectivity index (χ0v) is 15.4. The van der Waals surface area contributed by atoms with E-state index in [1.165, 1.54) is 19.2 Å². The molecule has 2 aromatic carbocycles. The van der Waals surface area contributed by atoms with Crippen molar-refractivity contribution in [3.05, 3.63) is 48.0 Å². The Morgan fingerprint density at radius 3 is 2.28 bits per heavy atom. The lowest BCUT2D eigenvalue weighted by atomic mass is 10.1. The Balaban J connectivity index is 1.99. The molecule has 6 nitrogen and oxygen atoms in total.